The summed E-state index contributed by atoms with van der Waals surface area (Å²) in [5.41, 5.74) is 1.15. The Kier molecular flexibility index (Phi) is 9.65. The van der Waals surface area contributed by atoms with Gasteiger partial charge in [-0.1, -0.05) is 25.0 Å². The minimum atomic E-state index is 0.260. The van der Waals surface area contributed by atoms with Crippen molar-refractivity contribution in [1.29, 1.82) is 0 Å². The predicted molar refractivity (Wildman–Crippen MR) is 130 cm³/mol. The minimum absolute atomic E-state index is 0.260. The predicted octanol–water partition coefficient (Wildman–Crippen LogP) is 2.86. The molecule has 1 saturated heterocycles. The van der Waals surface area contributed by atoms with Crippen molar-refractivity contribution in [3.8, 4) is 5.75 Å². The molecule has 0 radical (unpaired) electrons. The van der Waals surface area contributed by atoms with Gasteiger partial charge in [0.25, 0.3) is 0 Å². The van der Waals surface area contributed by atoms with Crippen molar-refractivity contribution in [2.75, 3.05) is 46.9 Å². The smallest absolute Gasteiger partial charge is 0.225 e. The highest BCUT2D eigenvalue weighted by molar-refractivity contribution is 5.81. The third kappa shape index (κ3) is 7.69. The molecule has 1 saturated carbocycles. The van der Waals surface area contributed by atoms with E-state index in [0.717, 1.165) is 75.7 Å². The maximum atomic E-state index is 12.7. The van der Waals surface area contributed by atoms with E-state index < -0.39 is 0 Å². The highest BCUT2D eigenvalue weighted by Crippen LogP contribution is 2.27. The second-order valence-electron chi connectivity index (χ2n) is 9.24. The molecule has 1 unspecified atom stereocenters. The number of guanidine groups is 1. The van der Waals surface area contributed by atoms with E-state index in [1.54, 1.807) is 0 Å². The van der Waals surface area contributed by atoms with Gasteiger partial charge in [-0.2, -0.15) is 0 Å². The summed E-state index contributed by atoms with van der Waals surface area (Å²) in [6.45, 7) is 6.87. The average molecular weight is 444 g/mol. The van der Waals surface area contributed by atoms with Gasteiger partial charge in [0.2, 0.25) is 5.91 Å². The van der Waals surface area contributed by atoms with Gasteiger partial charge in [-0.3, -0.25) is 4.79 Å². The van der Waals surface area contributed by atoms with Gasteiger partial charge >= 0.3 is 0 Å². The van der Waals surface area contributed by atoms with Crippen molar-refractivity contribution < 1.29 is 9.53 Å². The van der Waals surface area contributed by atoms with E-state index in [4.69, 9.17) is 9.73 Å². The first kappa shape index (κ1) is 24.4. The molecule has 1 atom stereocenters. The summed E-state index contributed by atoms with van der Waals surface area (Å²) < 4.78 is 5.81. The molecule has 2 fully saturated rings. The summed E-state index contributed by atoms with van der Waals surface area (Å²) in [6, 6.07) is 8.45. The lowest BCUT2D eigenvalue weighted by atomic mass is 10.1. The van der Waals surface area contributed by atoms with Gasteiger partial charge in [-0.25, -0.2) is 4.99 Å². The van der Waals surface area contributed by atoms with Crippen LogP contribution in [0.1, 0.15) is 51.0 Å². The van der Waals surface area contributed by atoms with Crippen LogP contribution in [0.5, 0.6) is 5.75 Å². The van der Waals surface area contributed by atoms with E-state index in [1.165, 1.54) is 12.8 Å². The van der Waals surface area contributed by atoms with Crippen molar-refractivity contribution in [1.82, 2.24) is 20.4 Å². The number of carbonyl (C=O) groups is 1. The minimum Gasteiger partial charge on any atom is -0.494 e. The van der Waals surface area contributed by atoms with Gasteiger partial charge in [0.15, 0.2) is 5.96 Å². The van der Waals surface area contributed by atoms with E-state index in [0.29, 0.717) is 12.5 Å². The standard InChI is InChI=1S/C25H41N5O2/c1-4-26-25(28-22-14-16-30(19-22)24(31)21-8-5-6-9-21)27-18-20-10-12-23(13-11-20)32-17-7-15-29(2)3/h10-13,21-22H,4-9,14-19H2,1-3H3,(H2,26,27,28). The fourth-order valence-electron chi connectivity index (χ4n) is 4.45. The number of rotatable bonds is 10. The van der Waals surface area contributed by atoms with Crippen molar-refractivity contribution >= 4 is 11.9 Å². The Morgan fingerprint density at radius 1 is 1.19 bits per heavy atom. The number of nitrogens with one attached hydrogen (secondary N) is 2. The number of hydrogen-bond acceptors (Lipinski definition) is 4. The number of nitrogens with zero attached hydrogens (tertiary/aromatic N) is 3. The molecule has 0 aromatic heterocycles. The van der Waals surface area contributed by atoms with E-state index >= 15 is 0 Å². The van der Waals surface area contributed by atoms with Crippen molar-refractivity contribution in [2.45, 2.75) is 58.0 Å². The maximum Gasteiger partial charge on any atom is 0.225 e. The first-order chi connectivity index (χ1) is 15.5. The summed E-state index contributed by atoms with van der Waals surface area (Å²) in [6.07, 6.45) is 6.53. The van der Waals surface area contributed by atoms with Gasteiger partial charge < -0.3 is 25.2 Å². The van der Waals surface area contributed by atoms with Crippen LogP contribution in [0, 0.1) is 5.92 Å². The molecule has 1 amide bonds. The highest BCUT2D eigenvalue weighted by atomic mass is 16.5. The molecular weight excluding hydrogens is 402 g/mol. The molecule has 1 aliphatic heterocycles. The third-order valence-electron chi connectivity index (χ3n) is 6.25. The number of carbonyl (C=O) groups excluding carboxylic acids is 1. The van der Waals surface area contributed by atoms with Gasteiger partial charge in [0.05, 0.1) is 13.2 Å². The largest absolute Gasteiger partial charge is 0.494 e. The van der Waals surface area contributed by atoms with Gasteiger partial charge in [0, 0.05) is 38.1 Å². The molecule has 3 rings (SSSR count). The number of aliphatic imine (C=N–C) groups is 1. The van der Waals surface area contributed by atoms with Crippen LogP contribution in [0.15, 0.2) is 29.3 Å². The second-order valence-corrected chi connectivity index (χ2v) is 9.24. The molecule has 2 aliphatic rings. The third-order valence-corrected chi connectivity index (χ3v) is 6.25. The number of amides is 1. The van der Waals surface area contributed by atoms with E-state index in [2.05, 4.69) is 53.6 Å². The van der Waals surface area contributed by atoms with Crippen LogP contribution >= 0.6 is 0 Å². The Balaban J connectivity index is 1.45. The first-order valence-electron chi connectivity index (χ1n) is 12.2. The molecule has 0 bridgehead atoms. The lowest BCUT2D eigenvalue weighted by molar-refractivity contribution is -0.134. The zero-order valence-electron chi connectivity index (χ0n) is 20.1. The fourth-order valence-corrected chi connectivity index (χ4v) is 4.45. The lowest BCUT2D eigenvalue weighted by Gasteiger charge is -2.21. The van der Waals surface area contributed by atoms with Crippen molar-refractivity contribution in [3.05, 3.63) is 29.8 Å². The molecule has 7 heteroatoms. The van der Waals surface area contributed by atoms with E-state index in [-0.39, 0.29) is 12.0 Å². The number of likely N-dealkylation sites (tertiary alicyclic amines) is 1. The molecule has 1 aromatic rings. The van der Waals surface area contributed by atoms with E-state index in [9.17, 15) is 4.79 Å². The molecule has 32 heavy (non-hydrogen) atoms. The lowest BCUT2D eigenvalue weighted by Crippen LogP contribution is -2.45. The first-order valence-corrected chi connectivity index (χ1v) is 12.2. The maximum absolute atomic E-state index is 12.7. The molecule has 1 aliphatic carbocycles. The molecular formula is C25H41N5O2. The summed E-state index contributed by atoms with van der Waals surface area (Å²) in [7, 11) is 4.15. The number of ether oxygens (including phenoxy) is 1. The van der Waals surface area contributed by atoms with Crippen LogP contribution in [0.2, 0.25) is 0 Å². The van der Waals surface area contributed by atoms with E-state index in [1.807, 2.05) is 12.1 Å². The summed E-state index contributed by atoms with van der Waals surface area (Å²) in [4.78, 5) is 21.7. The Hall–Kier alpha value is -2.28. The monoisotopic (exact) mass is 443 g/mol. The molecule has 7 nitrogen and oxygen atoms in total. The summed E-state index contributed by atoms with van der Waals surface area (Å²) in [5.74, 6) is 2.34. The fraction of sp³-hybridized carbons (Fsp3) is 0.680. The molecule has 1 heterocycles. The van der Waals surface area contributed by atoms with Gasteiger partial charge in [-0.15, -0.1) is 0 Å². The molecule has 0 spiro atoms. The molecule has 178 valence electrons. The Labute approximate surface area is 193 Å². The van der Waals surface area contributed by atoms with Crippen LogP contribution in [-0.4, -0.2) is 74.6 Å². The molecule has 2 N–H and O–H groups in total. The zero-order chi connectivity index (χ0) is 22.8. The Bertz CT molecular complexity index is 728. The topological polar surface area (TPSA) is 69.2 Å². The average Bonchev–Trinajstić information content (AvgIpc) is 3.48. The van der Waals surface area contributed by atoms with Crippen molar-refractivity contribution in [3.63, 3.8) is 0 Å². The second kappa shape index (κ2) is 12.7. The van der Waals surface area contributed by atoms with Crippen molar-refractivity contribution in [2.24, 2.45) is 10.9 Å². The normalized spacial score (nSPS) is 19.6. The number of hydrogen-bond donors (Lipinski definition) is 2. The van der Waals surface area contributed by atoms with Gasteiger partial charge in [0.1, 0.15) is 5.75 Å². The number of benzene rings is 1. The van der Waals surface area contributed by atoms with Crippen LogP contribution < -0.4 is 15.4 Å². The Morgan fingerprint density at radius 3 is 2.62 bits per heavy atom. The summed E-state index contributed by atoms with van der Waals surface area (Å²) >= 11 is 0. The highest BCUT2D eigenvalue weighted by Gasteiger charge is 2.32. The Morgan fingerprint density at radius 2 is 1.94 bits per heavy atom. The van der Waals surface area contributed by atoms with Gasteiger partial charge in [-0.05, 0) is 64.4 Å². The summed E-state index contributed by atoms with van der Waals surface area (Å²) in [5, 5.41) is 6.87. The van der Waals surface area contributed by atoms with Crippen LogP contribution in [0.25, 0.3) is 0 Å². The molecule has 1 aromatic carbocycles. The zero-order valence-corrected chi connectivity index (χ0v) is 20.1. The van der Waals surface area contributed by atoms with Crippen LogP contribution in [0.3, 0.4) is 0 Å². The van der Waals surface area contributed by atoms with Crippen LogP contribution in [0.4, 0.5) is 0 Å². The van der Waals surface area contributed by atoms with Crippen LogP contribution in [-0.2, 0) is 11.3 Å². The SMILES string of the molecule is CCNC(=NCc1ccc(OCCCN(C)C)cc1)NC1CCN(C(=O)C2CCCC2)C1. The quantitative estimate of drug-likeness (QED) is 0.331.